The first kappa shape index (κ1) is 18.5. The third kappa shape index (κ3) is 4.82. The summed E-state index contributed by atoms with van der Waals surface area (Å²) >= 11 is 6.03. The zero-order valence-corrected chi connectivity index (χ0v) is 14.7. The van der Waals surface area contributed by atoms with Crippen LogP contribution in [0.15, 0.2) is 48.5 Å². The lowest BCUT2D eigenvalue weighted by Crippen LogP contribution is -2.47. The maximum atomic E-state index is 12.6. The molecule has 2 rings (SSSR count). The quantitative estimate of drug-likeness (QED) is 0.859. The number of hydrogen-bond acceptors (Lipinski definition) is 3. The Balaban J connectivity index is 2.14. The van der Waals surface area contributed by atoms with E-state index in [1.54, 1.807) is 48.5 Å². The summed E-state index contributed by atoms with van der Waals surface area (Å²) in [6.07, 6.45) is 0. The average Bonchev–Trinajstić information content (AvgIpc) is 2.59. The highest BCUT2D eigenvalue weighted by atomic mass is 35.5. The molecule has 0 saturated carbocycles. The molecule has 25 heavy (non-hydrogen) atoms. The molecule has 1 atom stereocenters. The smallest absolute Gasteiger partial charge is 0.253 e. The molecule has 0 heterocycles. The van der Waals surface area contributed by atoms with E-state index in [1.165, 1.54) is 0 Å². The Morgan fingerprint density at radius 2 is 1.84 bits per heavy atom. The molecule has 2 amide bonds. The van der Waals surface area contributed by atoms with Gasteiger partial charge in [0.15, 0.2) is 0 Å². The Kier molecular flexibility index (Phi) is 6.15. The predicted molar refractivity (Wildman–Crippen MR) is 97.3 cm³/mol. The molecule has 0 aliphatic heterocycles. The van der Waals surface area contributed by atoms with Gasteiger partial charge in [-0.05, 0) is 36.2 Å². The zero-order valence-electron chi connectivity index (χ0n) is 13.9. The number of nitriles is 1. The van der Waals surface area contributed by atoms with Crippen LogP contribution in [0.3, 0.4) is 0 Å². The summed E-state index contributed by atoms with van der Waals surface area (Å²) in [4.78, 5) is 25.0. The van der Waals surface area contributed by atoms with Crippen LogP contribution < -0.4 is 10.6 Å². The molecular formula is C19H18ClN3O2. The lowest BCUT2D eigenvalue weighted by atomic mass is 10.0. The molecule has 0 spiro atoms. The van der Waals surface area contributed by atoms with Crippen molar-refractivity contribution in [3.8, 4) is 6.07 Å². The molecule has 0 aliphatic rings. The highest BCUT2D eigenvalue weighted by molar-refractivity contribution is 6.33. The van der Waals surface area contributed by atoms with Crippen LogP contribution in [0.2, 0.25) is 5.02 Å². The van der Waals surface area contributed by atoms with E-state index in [9.17, 15) is 9.59 Å². The molecule has 0 fully saturated rings. The van der Waals surface area contributed by atoms with Crippen molar-refractivity contribution in [2.24, 2.45) is 5.92 Å². The van der Waals surface area contributed by atoms with Crippen molar-refractivity contribution >= 4 is 29.1 Å². The predicted octanol–water partition coefficient (Wildman–Crippen LogP) is 3.60. The molecule has 0 radical (unpaired) electrons. The van der Waals surface area contributed by atoms with Gasteiger partial charge in [-0.25, -0.2) is 0 Å². The first-order valence-electron chi connectivity index (χ1n) is 7.78. The number of amides is 2. The van der Waals surface area contributed by atoms with E-state index in [-0.39, 0.29) is 11.8 Å². The molecule has 2 aromatic carbocycles. The number of halogens is 1. The number of hydrogen-bond donors (Lipinski definition) is 2. The summed E-state index contributed by atoms with van der Waals surface area (Å²) in [7, 11) is 0. The fraction of sp³-hybridized carbons (Fsp3) is 0.211. The van der Waals surface area contributed by atoms with E-state index in [0.717, 1.165) is 0 Å². The van der Waals surface area contributed by atoms with Crippen molar-refractivity contribution in [1.82, 2.24) is 5.32 Å². The van der Waals surface area contributed by atoms with Gasteiger partial charge in [-0.2, -0.15) is 5.26 Å². The van der Waals surface area contributed by atoms with E-state index in [4.69, 9.17) is 16.9 Å². The van der Waals surface area contributed by atoms with E-state index in [1.807, 2.05) is 19.9 Å². The summed E-state index contributed by atoms with van der Waals surface area (Å²) in [5.41, 5.74) is 1.26. The summed E-state index contributed by atoms with van der Waals surface area (Å²) in [6.45, 7) is 3.67. The van der Waals surface area contributed by atoms with Gasteiger partial charge in [0.05, 0.1) is 22.2 Å². The van der Waals surface area contributed by atoms with Crippen LogP contribution in [-0.2, 0) is 4.79 Å². The van der Waals surface area contributed by atoms with Crippen molar-refractivity contribution in [3.05, 3.63) is 64.7 Å². The molecule has 0 saturated heterocycles. The van der Waals surface area contributed by atoms with Crippen molar-refractivity contribution < 1.29 is 9.59 Å². The first-order chi connectivity index (χ1) is 11.9. The van der Waals surface area contributed by atoms with Gasteiger partial charge < -0.3 is 10.6 Å². The fourth-order valence-corrected chi connectivity index (χ4v) is 2.51. The molecule has 0 aliphatic carbocycles. The maximum Gasteiger partial charge on any atom is 0.253 e. The Morgan fingerprint density at radius 1 is 1.12 bits per heavy atom. The number of benzene rings is 2. The SMILES string of the molecule is CC(C)C(NC(=O)c1ccccc1Cl)C(=O)Nc1cccc(C#N)c1. The molecule has 0 bridgehead atoms. The lowest BCUT2D eigenvalue weighted by molar-refractivity contribution is -0.118. The number of anilines is 1. The molecule has 0 aromatic heterocycles. The van der Waals surface area contributed by atoms with Crippen LogP contribution in [0.4, 0.5) is 5.69 Å². The summed E-state index contributed by atoms with van der Waals surface area (Å²) < 4.78 is 0. The molecule has 2 aromatic rings. The summed E-state index contributed by atoms with van der Waals surface area (Å²) in [6, 6.07) is 14.5. The van der Waals surface area contributed by atoms with Gasteiger partial charge in [0, 0.05) is 5.69 Å². The minimum absolute atomic E-state index is 0.134. The Hall–Kier alpha value is -2.84. The van der Waals surface area contributed by atoms with Gasteiger partial charge in [0.1, 0.15) is 6.04 Å². The number of carbonyl (C=O) groups excluding carboxylic acids is 2. The van der Waals surface area contributed by atoms with Gasteiger partial charge in [-0.3, -0.25) is 9.59 Å². The molecule has 128 valence electrons. The lowest BCUT2D eigenvalue weighted by Gasteiger charge is -2.22. The number of nitrogens with zero attached hydrogens (tertiary/aromatic N) is 1. The fourth-order valence-electron chi connectivity index (χ4n) is 2.29. The average molecular weight is 356 g/mol. The van der Waals surface area contributed by atoms with Crippen LogP contribution in [0.5, 0.6) is 0 Å². The van der Waals surface area contributed by atoms with Crippen LogP contribution in [0.25, 0.3) is 0 Å². The van der Waals surface area contributed by atoms with Crippen LogP contribution >= 0.6 is 11.6 Å². The second kappa shape index (κ2) is 8.32. The summed E-state index contributed by atoms with van der Waals surface area (Å²) in [5, 5.41) is 14.7. The highest BCUT2D eigenvalue weighted by Crippen LogP contribution is 2.16. The standard InChI is InChI=1S/C19H18ClN3O2/c1-12(2)17(23-18(24)15-8-3-4-9-16(15)20)19(25)22-14-7-5-6-13(10-14)11-21/h3-10,12,17H,1-2H3,(H,22,25)(H,23,24). The topological polar surface area (TPSA) is 82.0 Å². The van der Waals surface area contributed by atoms with Gasteiger partial charge in [-0.1, -0.05) is 43.6 Å². The van der Waals surface area contributed by atoms with Crippen molar-refractivity contribution in [3.63, 3.8) is 0 Å². The van der Waals surface area contributed by atoms with Crippen molar-refractivity contribution in [1.29, 1.82) is 5.26 Å². The van der Waals surface area contributed by atoms with E-state index in [2.05, 4.69) is 10.6 Å². The van der Waals surface area contributed by atoms with Crippen LogP contribution in [0, 0.1) is 17.2 Å². The zero-order chi connectivity index (χ0) is 18.4. The Labute approximate surface area is 151 Å². The van der Waals surface area contributed by atoms with Crippen molar-refractivity contribution in [2.75, 3.05) is 5.32 Å². The number of nitrogens with one attached hydrogen (secondary N) is 2. The third-order valence-electron chi connectivity index (χ3n) is 3.61. The van der Waals surface area contributed by atoms with E-state index < -0.39 is 11.9 Å². The van der Waals surface area contributed by atoms with Gasteiger partial charge in [-0.15, -0.1) is 0 Å². The minimum atomic E-state index is -0.741. The van der Waals surface area contributed by atoms with E-state index in [0.29, 0.717) is 21.8 Å². The monoisotopic (exact) mass is 355 g/mol. The molecule has 2 N–H and O–H groups in total. The van der Waals surface area contributed by atoms with Crippen LogP contribution in [-0.4, -0.2) is 17.9 Å². The molecule has 1 unspecified atom stereocenters. The summed E-state index contributed by atoms with van der Waals surface area (Å²) in [5.74, 6) is -0.902. The maximum absolute atomic E-state index is 12.6. The largest absolute Gasteiger partial charge is 0.340 e. The normalized spacial score (nSPS) is 11.5. The van der Waals surface area contributed by atoms with Crippen LogP contribution in [0.1, 0.15) is 29.8 Å². The second-order valence-electron chi connectivity index (χ2n) is 5.86. The Bertz CT molecular complexity index is 827. The van der Waals surface area contributed by atoms with Gasteiger partial charge >= 0.3 is 0 Å². The molecule has 6 heteroatoms. The Morgan fingerprint density at radius 3 is 2.48 bits per heavy atom. The van der Waals surface area contributed by atoms with Gasteiger partial charge in [0.25, 0.3) is 5.91 Å². The molecular weight excluding hydrogens is 338 g/mol. The number of carbonyl (C=O) groups is 2. The van der Waals surface area contributed by atoms with Crippen molar-refractivity contribution in [2.45, 2.75) is 19.9 Å². The third-order valence-corrected chi connectivity index (χ3v) is 3.94. The molecule has 5 nitrogen and oxygen atoms in total. The van der Waals surface area contributed by atoms with E-state index >= 15 is 0 Å². The number of rotatable bonds is 5. The first-order valence-corrected chi connectivity index (χ1v) is 8.16. The minimum Gasteiger partial charge on any atom is -0.340 e. The second-order valence-corrected chi connectivity index (χ2v) is 6.26. The van der Waals surface area contributed by atoms with Gasteiger partial charge in [0.2, 0.25) is 5.91 Å². The highest BCUT2D eigenvalue weighted by Gasteiger charge is 2.25.